The molecule has 0 aliphatic rings. The summed E-state index contributed by atoms with van der Waals surface area (Å²) >= 11 is 5.09. The molecule has 0 saturated heterocycles. The first-order valence-corrected chi connectivity index (χ1v) is 7.54. The Morgan fingerprint density at radius 2 is 2.11 bits per heavy atom. The minimum absolute atomic E-state index is 0.711. The Morgan fingerprint density at radius 1 is 1.21 bits per heavy atom. The van der Waals surface area contributed by atoms with E-state index in [2.05, 4.69) is 49.4 Å². The van der Waals surface area contributed by atoms with Crippen molar-refractivity contribution in [3.05, 3.63) is 51.7 Å². The maximum Gasteiger partial charge on any atom is 0.106 e. The van der Waals surface area contributed by atoms with Gasteiger partial charge in [0, 0.05) is 5.69 Å². The zero-order chi connectivity index (χ0) is 13.2. The van der Waals surface area contributed by atoms with Crippen LogP contribution in [-0.2, 0) is 6.54 Å². The van der Waals surface area contributed by atoms with E-state index in [0.29, 0.717) is 6.54 Å². The Bertz CT molecular complexity index is 724. The van der Waals surface area contributed by atoms with Crippen LogP contribution < -0.4 is 5.32 Å². The predicted octanol–water partition coefficient (Wildman–Crippen LogP) is 4.37. The van der Waals surface area contributed by atoms with Gasteiger partial charge in [0.25, 0.3) is 0 Å². The van der Waals surface area contributed by atoms with Crippen molar-refractivity contribution in [2.75, 3.05) is 5.32 Å². The van der Waals surface area contributed by atoms with E-state index >= 15 is 0 Å². The lowest BCUT2D eigenvalue weighted by atomic mass is 10.3. The number of pyridine rings is 1. The Morgan fingerprint density at radius 3 is 2.95 bits per heavy atom. The first-order chi connectivity index (χ1) is 9.20. The Hall–Kier alpha value is -1.46. The van der Waals surface area contributed by atoms with Crippen LogP contribution >= 0.6 is 27.3 Å². The average molecular weight is 334 g/mol. The van der Waals surface area contributed by atoms with Crippen molar-refractivity contribution >= 4 is 43.2 Å². The second-order valence-corrected chi connectivity index (χ2v) is 6.27. The number of nitrogens with zero attached hydrogens (tertiary/aromatic N) is 2. The van der Waals surface area contributed by atoms with Crippen molar-refractivity contribution in [2.45, 2.75) is 13.5 Å². The third kappa shape index (κ3) is 2.93. The number of nitrogens with one attached hydrogen (secondary N) is 1. The van der Waals surface area contributed by atoms with Gasteiger partial charge in [0.15, 0.2) is 0 Å². The molecule has 0 bridgehead atoms. The zero-order valence-electron chi connectivity index (χ0n) is 10.4. The van der Waals surface area contributed by atoms with E-state index in [9.17, 15) is 0 Å². The van der Waals surface area contributed by atoms with Crippen LogP contribution in [-0.4, -0.2) is 9.97 Å². The zero-order valence-corrected chi connectivity index (χ0v) is 12.8. The molecule has 0 amide bonds. The van der Waals surface area contributed by atoms with Crippen LogP contribution in [0.1, 0.15) is 10.7 Å². The molecule has 0 spiro atoms. The second-order valence-electron chi connectivity index (χ2n) is 4.22. The lowest BCUT2D eigenvalue weighted by Gasteiger charge is -2.06. The van der Waals surface area contributed by atoms with Crippen molar-refractivity contribution in [1.82, 2.24) is 9.97 Å². The minimum atomic E-state index is 0.711. The molecule has 2 heterocycles. The number of halogens is 1. The van der Waals surface area contributed by atoms with Gasteiger partial charge in [0.1, 0.15) is 4.60 Å². The fourth-order valence-electron chi connectivity index (χ4n) is 1.89. The van der Waals surface area contributed by atoms with Crippen molar-refractivity contribution in [2.24, 2.45) is 0 Å². The van der Waals surface area contributed by atoms with Crippen molar-refractivity contribution in [3.63, 3.8) is 0 Å². The Kier molecular flexibility index (Phi) is 3.48. The van der Waals surface area contributed by atoms with Gasteiger partial charge in [0.2, 0.25) is 0 Å². The highest BCUT2D eigenvalue weighted by molar-refractivity contribution is 9.10. The number of aromatic nitrogens is 2. The lowest BCUT2D eigenvalue weighted by Crippen LogP contribution is -2.01. The summed E-state index contributed by atoms with van der Waals surface area (Å²) in [4.78, 5) is 8.86. The predicted molar refractivity (Wildman–Crippen MR) is 83.6 cm³/mol. The van der Waals surface area contributed by atoms with Crippen molar-refractivity contribution in [1.29, 1.82) is 0 Å². The SMILES string of the molecule is Cc1nc2ccc(NCc3cccc(Br)n3)cc2s1. The number of anilines is 1. The minimum Gasteiger partial charge on any atom is -0.379 e. The van der Waals surface area contributed by atoms with Gasteiger partial charge < -0.3 is 5.32 Å². The smallest absolute Gasteiger partial charge is 0.106 e. The first kappa shape index (κ1) is 12.6. The summed E-state index contributed by atoms with van der Waals surface area (Å²) in [6.07, 6.45) is 0. The molecule has 0 fully saturated rings. The molecule has 19 heavy (non-hydrogen) atoms. The highest BCUT2D eigenvalue weighted by atomic mass is 79.9. The maximum atomic E-state index is 4.46. The molecule has 0 radical (unpaired) electrons. The van der Waals surface area contributed by atoms with E-state index in [4.69, 9.17) is 0 Å². The van der Waals surface area contributed by atoms with Crippen LogP contribution in [0.3, 0.4) is 0 Å². The third-order valence-corrected chi connectivity index (χ3v) is 4.12. The normalized spacial score (nSPS) is 10.8. The number of fused-ring (bicyclic) bond motifs is 1. The number of hydrogen-bond acceptors (Lipinski definition) is 4. The van der Waals surface area contributed by atoms with Gasteiger partial charge in [-0.25, -0.2) is 9.97 Å². The largest absolute Gasteiger partial charge is 0.379 e. The van der Waals surface area contributed by atoms with E-state index in [1.807, 2.05) is 25.1 Å². The molecule has 0 aliphatic carbocycles. The van der Waals surface area contributed by atoms with Crippen LogP contribution in [0.2, 0.25) is 0 Å². The summed E-state index contributed by atoms with van der Waals surface area (Å²) in [6.45, 7) is 2.74. The summed E-state index contributed by atoms with van der Waals surface area (Å²) in [7, 11) is 0. The molecule has 1 N–H and O–H groups in total. The van der Waals surface area contributed by atoms with Gasteiger partial charge in [-0.2, -0.15) is 0 Å². The molecule has 2 aromatic heterocycles. The number of rotatable bonds is 3. The second kappa shape index (κ2) is 5.27. The van der Waals surface area contributed by atoms with E-state index in [-0.39, 0.29) is 0 Å². The van der Waals surface area contributed by atoms with E-state index in [1.165, 1.54) is 4.70 Å². The fraction of sp³-hybridized carbons (Fsp3) is 0.143. The molecular weight excluding hydrogens is 322 g/mol. The molecule has 3 nitrogen and oxygen atoms in total. The maximum absolute atomic E-state index is 4.46. The molecule has 0 unspecified atom stereocenters. The van der Waals surface area contributed by atoms with Gasteiger partial charge >= 0.3 is 0 Å². The fourth-order valence-corrected chi connectivity index (χ4v) is 3.14. The summed E-state index contributed by atoms with van der Waals surface area (Å²) in [5.41, 5.74) is 3.17. The number of aryl methyl sites for hydroxylation is 1. The molecule has 0 saturated carbocycles. The molecule has 0 atom stereocenters. The summed E-state index contributed by atoms with van der Waals surface area (Å²) in [6, 6.07) is 12.2. The first-order valence-electron chi connectivity index (χ1n) is 5.93. The highest BCUT2D eigenvalue weighted by Crippen LogP contribution is 2.24. The van der Waals surface area contributed by atoms with Crippen LogP contribution in [0.4, 0.5) is 5.69 Å². The lowest BCUT2D eigenvalue weighted by molar-refractivity contribution is 1.03. The quantitative estimate of drug-likeness (QED) is 0.723. The molecule has 3 rings (SSSR count). The van der Waals surface area contributed by atoms with E-state index < -0.39 is 0 Å². The number of benzene rings is 1. The van der Waals surface area contributed by atoms with Gasteiger partial charge in [-0.15, -0.1) is 11.3 Å². The molecule has 5 heteroatoms. The molecule has 3 aromatic rings. The third-order valence-electron chi connectivity index (χ3n) is 2.74. The number of hydrogen-bond donors (Lipinski definition) is 1. The van der Waals surface area contributed by atoms with Gasteiger partial charge in [-0.05, 0) is 53.2 Å². The van der Waals surface area contributed by atoms with Gasteiger partial charge in [-0.1, -0.05) is 6.07 Å². The number of thiazole rings is 1. The average Bonchev–Trinajstić information content (AvgIpc) is 2.75. The van der Waals surface area contributed by atoms with Crippen molar-refractivity contribution < 1.29 is 0 Å². The van der Waals surface area contributed by atoms with E-state index in [1.54, 1.807) is 11.3 Å². The van der Waals surface area contributed by atoms with Gasteiger partial charge in [0.05, 0.1) is 27.5 Å². The molecule has 0 aliphatic heterocycles. The summed E-state index contributed by atoms with van der Waals surface area (Å²) in [5.74, 6) is 0. The Labute approximate surface area is 123 Å². The van der Waals surface area contributed by atoms with Gasteiger partial charge in [-0.3, -0.25) is 0 Å². The molecule has 1 aromatic carbocycles. The monoisotopic (exact) mass is 333 g/mol. The standard InChI is InChI=1S/C14H12BrN3S/c1-9-17-12-6-5-10(7-13(12)19-9)16-8-11-3-2-4-14(15)18-11/h2-7,16H,8H2,1H3. The molecule has 96 valence electrons. The molecular formula is C14H12BrN3S. The van der Waals surface area contributed by atoms with Crippen LogP contribution in [0.25, 0.3) is 10.2 Å². The summed E-state index contributed by atoms with van der Waals surface area (Å²) < 4.78 is 2.07. The Balaban J connectivity index is 1.78. The van der Waals surface area contributed by atoms with Crippen molar-refractivity contribution in [3.8, 4) is 0 Å². The van der Waals surface area contributed by atoms with E-state index in [0.717, 1.165) is 26.5 Å². The van der Waals surface area contributed by atoms with Crippen LogP contribution in [0.5, 0.6) is 0 Å². The van der Waals surface area contributed by atoms with Crippen LogP contribution in [0, 0.1) is 6.92 Å². The van der Waals surface area contributed by atoms with Crippen LogP contribution in [0.15, 0.2) is 41.0 Å². The summed E-state index contributed by atoms with van der Waals surface area (Å²) in [5, 5.41) is 4.48. The topological polar surface area (TPSA) is 37.8 Å². The highest BCUT2D eigenvalue weighted by Gasteiger charge is 2.02.